The maximum absolute atomic E-state index is 14.3. The molecule has 2 aromatic carbocycles. The Hall–Kier alpha value is -2.75. The molecular formula is C20H19F4N3O2S. The molecule has 5 nitrogen and oxygen atoms in total. The number of nitrogens with one attached hydrogen (secondary N) is 1. The Morgan fingerprint density at radius 3 is 2.63 bits per heavy atom. The zero-order valence-corrected chi connectivity index (χ0v) is 17.0. The fourth-order valence-electron chi connectivity index (χ4n) is 3.12. The van der Waals surface area contributed by atoms with E-state index >= 15 is 0 Å². The van der Waals surface area contributed by atoms with Crippen LogP contribution < -0.4 is 15.8 Å². The van der Waals surface area contributed by atoms with E-state index in [0.29, 0.717) is 23.2 Å². The molecule has 3 N–H and O–H groups in total. The van der Waals surface area contributed by atoms with Crippen molar-refractivity contribution in [2.24, 2.45) is 10.7 Å². The first-order valence-corrected chi connectivity index (χ1v) is 9.87. The van der Waals surface area contributed by atoms with Gasteiger partial charge in [-0.25, -0.2) is 4.39 Å². The molecule has 1 aliphatic heterocycles. The number of methoxy groups -OCH3 is 1. The number of ether oxygens (including phenoxy) is 1. The number of hydrogen-bond acceptors (Lipinski definition) is 5. The summed E-state index contributed by atoms with van der Waals surface area (Å²) in [5.41, 5.74) is 4.22. The lowest BCUT2D eigenvalue weighted by Gasteiger charge is -2.30. The molecule has 3 rings (SSSR count). The number of anilines is 1. The van der Waals surface area contributed by atoms with Gasteiger partial charge in [-0.3, -0.25) is 9.79 Å². The summed E-state index contributed by atoms with van der Waals surface area (Å²) in [4.78, 5) is 17.0. The summed E-state index contributed by atoms with van der Waals surface area (Å²) in [5, 5.41) is 2.76. The molecule has 10 heteroatoms. The van der Waals surface area contributed by atoms with Gasteiger partial charge in [0, 0.05) is 11.3 Å². The average Bonchev–Trinajstić information content (AvgIpc) is 2.68. The molecule has 1 atom stereocenters. The van der Waals surface area contributed by atoms with Crippen LogP contribution in [0.25, 0.3) is 0 Å². The number of amides is 1. The molecule has 30 heavy (non-hydrogen) atoms. The second-order valence-electron chi connectivity index (χ2n) is 6.88. The third-order valence-electron chi connectivity index (χ3n) is 4.80. The minimum Gasteiger partial charge on any atom is -0.496 e. The van der Waals surface area contributed by atoms with Crippen LogP contribution in [0, 0.1) is 5.82 Å². The number of halogens is 4. The number of carbonyl (C=O) groups is 1. The average molecular weight is 441 g/mol. The fourth-order valence-corrected chi connectivity index (χ4v) is 4.09. The van der Waals surface area contributed by atoms with Crippen molar-refractivity contribution in [3.05, 3.63) is 58.9 Å². The number of aliphatic imine (C=N–C) groups is 1. The van der Waals surface area contributed by atoms with Crippen molar-refractivity contribution >= 4 is 28.5 Å². The molecule has 0 aliphatic carbocycles. The minimum atomic E-state index is -4.71. The Morgan fingerprint density at radius 1 is 1.27 bits per heavy atom. The molecule has 0 fully saturated rings. The van der Waals surface area contributed by atoms with Crippen molar-refractivity contribution in [2.75, 3.05) is 18.2 Å². The van der Waals surface area contributed by atoms with Gasteiger partial charge < -0.3 is 15.8 Å². The minimum absolute atomic E-state index is 0.157. The highest BCUT2D eigenvalue weighted by Crippen LogP contribution is 2.38. The summed E-state index contributed by atoms with van der Waals surface area (Å²) in [6.45, 7) is 1.84. The van der Waals surface area contributed by atoms with Gasteiger partial charge in [0.25, 0.3) is 5.91 Å². The second kappa shape index (κ2) is 8.17. The zero-order chi connectivity index (χ0) is 22.1. The highest BCUT2D eigenvalue weighted by molar-refractivity contribution is 8.13. The number of rotatable bonds is 4. The summed E-state index contributed by atoms with van der Waals surface area (Å²) >= 11 is 1.42. The molecule has 2 aromatic rings. The third-order valence-corrected chi connectivity index (χ3v) is 5.59. The molecule has 0 bridgehead atoms. The van der Waals surface area contributed by atoms with E-state index in [4.69, 9.17) is 10.5 Å². The van der Waals surface area contributed by atoms with E-state index in [1.165, 1.54) is 30.0 Å². The largest absolute Gasteiger partial charge is 0.496 e. The van der Waals surface area contributed by atoms with E-state index in [-0.39, 0.29) is 11.3 Å². The summed E-state index contributed by atoms with van der Waals surface area (Å²) in [7, 11) is 1.10. The molecule has 1 unspecified atom stereocenters. The Bertz CT molecular complexity index is 1010. The number of alkyl halides is 3. The van der Waals surface area contributed by atoms with Gasteiger partial charge in [0.05, 0.1) is 23.9 Å². The fraction of sp³-hybridized carbons (Fsp3) is 0.300. The van der Waals surface area contributed by atoms with Gasteiger partial charge in [-0.15, -0.1) is 0 Å². The predicted molar refractivity (Wildman–Crippen MR) is 108 cm³/mol. The Balaban J connectivity index is 1.92. The highest BCUT2D eigenvalue weighted by Gasteiger charge is 2.35. The van der Waals surface area contributed by atoms with Gasteiger partial charge in [0.15, 0.2) is 5.17 Å². The van der Waals surface area contributed by atoms with Crippen LogP contribution in [-0.2, 0) is 11.7 Å². The Labute approximate surface area is 174 Å². The van der Waals surface area contributed by atoms with Crippen LogP contribution in [0.15, 0.2) is 41.4 Å². The van der Waals surface area contributed by atoms with Crippen LogP contribution in [0.4, 0.5) is 23.2 Å². The van der Waals surface area contributed by atoms with Crippen LogP contribution in [0.3, 0.4) is 0 Å². The van der Waals surface area contributed by atoms with E-state index in [2.05, 4.69) is 10.3 Å². The quantitative estimate of drug-likeness (QED) is 0.670. The van der Waals surface area contributed by atoms with E-state index < -0.39 is 34.8 Å². The Morgan fingerprint density at radius 2 is 2.00 bits per heavy atom. The van der Waals surface area contributed by atoms with Crippen LogP contribution in [0.1, 0.15) is 34.8 Å². The maximum atomic E-state index is 14.3. The summed E-state index contributed by atoms with van der Waals surface area (Å²) in [6, 6.07) is 7.04. The van der Waals surface area contributed by atoms with E-state index in [0.717, 1.165) is 18.9 Å². The zero-order valence-electron chi connectivity index (χ0n) is 16.1. The number of amidine groups is 1. The van der Waals surface area contributed by atoms with Crippen molar-refractivity contribution in [3.8, 4) is 5.75 Å². The number of nitrogens with two attached hydrogens (primary N) is 1. The van der Waals surface area contributed by atoms with Gasteiger partial charge >= 0.3 is 6.18 Å². The van der Waals surface area contributed by atoms with Crippen LogP contribution >= 0.6 is 11.8 Å². The van der Waals surface area contributed by atoms with Crippen LogP contribution in [0.5, 0.6) is 5.75 Å². The van der Waals surface area contributed by atoms with Crippen molar-refractivity contribution in [1.29, 1.82) is 0 Å². The SMILES string of the molecule is COc1ccc(C(=O)Nc2cc(C3(C)CCSC(N)=N3)ccc2F)cc1C(F)(F)F. The lowest BCUT2D eigenvalue weighted by Crippen LogP contribution is -2.29. The van der Waals surface area contributed by atoms with Gasteiger partial charge in [-0.05, 0) is 49.2 Å². The van der Waals surface area contributed by atoms with Crippen molar-refractivity contribution in [2.45, 2.75) is 25.1 Å². The van der Waals surface area contributed by atoms with Gasteiger partial charge in [-0.2, -0.15) is 13.2 Å². The number of thioether (sulfide) groups is 1. The summed E-state index contributed by atoms with van der Waals surface area (Å²) in [5.74, 6) is -1.28. The molecule has 0 aromatic heterocycles. The third kappa shape index (κ3) is 4.53. The summed E-state index contributed by atoms with van der Waals surface area (Å²) < 4.78 is 58.7. The van der Waals surface area contributed by atoms with Crippen LogP contribution in [0.2, 0.25) is 0 Å². The number of carbonyl (C=O) groups excluding carboxylic acids is 1. The van der Waals surface area contributed by atoms with Gasteiger partial charge in [0.1, 0.15) is 11.6 Å². The summed E-state index contributed by atoms with van der Waals surface area (Å²) in [6.07, 6.45) is -4.05. The van der Waals surface area contributed by atoms with Crippen LogP contribution in [-0.4, -0.2) is 23.9 Å². The first-order chi connectivity index (χ1) is 14.0. The van der Waals surface area contributed by atoms with Crippen molar-refractivity contribution in [1.82, 2.24) is 0 Å². The van der Waals surface area contributed by atoms with Gasteiger partial charge in [0.2, 0.25) is 0 Å². The van der Waals surface area contributed by atoms with Gasteiger partial charge in [-0.1, -0.05) is 17.8 Å². The van der Waals surface area contributed by atoms with E-state index in [1.807, 2.05) is 6.92 Å². The molecular weight excluding hydrogens is 422 g/mol. The standard InChI is InChI=1S/C20H19F4N3O2S/c1-19(7-8-30-18(25)27-19)12-4-5-14(21)15(10-12)26-17(28)11-3-6-16(29-2)13(9-11)20(22,23)24/h3-6,9-10H,7-8H2,1-2H3,(H2,25,27)(H,26,28). The topological polar surface area (TPSA) is 76.7 Å². The molecule has 1 aliphatic rings. The van der Waals surface area contributed by atoms with E-state index in [9.17, 15) is 22.4 Å². The Kier molecular flexibility index (Phi) is 5.98. The van der Waals surface area contributed by atoms with E-state index in [1.54, 1.807) is 6.07 Å². The molecule has 0 saturated carbocycles. The number of benzene rings is 2. The van der Waals surface area contributed by atoms with Crippen molar-refractivity contribution < 1.29 is 27.1 Å². The smallest absolute Gasteiger partial charge is 0.419 e. The predicted octanol–water partition coefficient (Wildman–Crippen LogP) is 4.77. The molecule has 160 valence electrons. The molecule has 0 spiro atoms. The first kappa shape index (κ1) is 21.9. The highest BCUT2D eigenvalue weighted by atomic mass is 32.2. The second-order valence-corrected chi connectivity index (χ2v) is 8.00. The first-order valence-electron chi connectivity index (χ1n) is 8.88. The molecule has 0 radical (unpaired) electrons. The number of hydrogen-bond donors (Lipinski definition) is 2. The maximum Gasteiger partial charge on any atom is 0.419 e. The lowest BCUT2D eigenvalue weighted by atomic mass is 9.89. The number of nitrogens with zero attached hydrogens (tertiary/aromatic N) is 1. The normalized spacial score (nSPS) is 19.2. The molecule has 0 saturated heterocycles. The monoisotopic (exact) mass is 441 g/mol. The molecule has 1 heterocycles. The lowest BCUT2D eigenvalue weighted by molar-refractivity contribution is -0.138. The van der Waals surface area contributed by atoms with Crippen molar-refractivity contribution in [3.63, 3.8) is 0 Å². The molecule has 1 amide bonds.